The van der Waals surface area contributed by atoms with Crippen LogP contribution in [0.25, 0.3) is 10.8 Å². The lowest BCUT2D eigenvalue weighted by Crippen LogP contribution is -2.32. The molecule has 1 aromatic carbocycles. The Bertz CT molecular complexity index is 566. The fraction of sp³-hybridized carbons (Fsp3) is 0.357. The van der Waals surface area contributed by atoms with Gasteiger partial charge in [0.25, 0.3) is 0 Å². The molecule has 0 atom stereocenters. The Hall–Kier alpha value is -1.13. The summed E-state index contributed by atoms with van der Waals surface area (Å²) in [5.41, 5.74) is 5.73. The molecular formula is C14H16BrN3. The maximum atomic E-state index is 5.73. The van der Waals surface area contributed by atoms with E-state index in [0.717, 1.165) is 16.8 Å². The maximum absolute atomic E-state index is 5.73. The van der Waals surface area contributed by atoms with Gasteiger partial charge in [0.1, 0.15) is 5.82 Å². The normalized spacial score (nSPS) is 15.0. The Kier molecular flexibility index (Phi) is 3.22. The number of nitrogens with zero attached hydrogens (tertiary/aromatic N) is 2. The minimum Gasteiger partial charge on any atom is -0.352 e. The van der Waals surface area contributed by atoms with E-state index in [-0.39, 0.29) is 0 Å². The number of anilines is 1. The number of hydrogen-bond donors (Lipinski definition) is 1. The molecule has 1 heterocycles. The van der Waals surface area contributed by atoms with E-state index in [2.05, 4.69) is 50.1 Å². The Morgan fingerprint density at radius 3 is 2.83 bits per heavy atom. The van der Waals surface area contributed by atoms with Gasteiger partial charge in [-0.15, -0.1) is 0 Å². The molecule has 0 radical (unpaired) electrons. The highest BCUT2D eigenvalue weighted by atomic mass is 79.9. The second-order valence-electron chi connectivity index (χ2n) is 4.68. The van der Waals surface area contributed by atoms with Gasteiger partial charge in [0.2, 0.25) is 0 Å². The van der Waals surface area contributed by atoms with Crippen LogP contribution in [-0.4, -0.2) is 24.1 Å². The van der Waals surface area contributed by atoms with Crippen LogP contribution < -0.4 is 10.6 Å². The standard InChI is InChI=1S/C14H16BrN3/c15-13-3-1-2-12-11(13)6-8-17-14(12)18(9-7-16)10-4-5-10/h1-3,6,8,10H,4-5,7,9,16H2. The predicted molar refractivity (Wildman–Crippen MR) is 78.9 cm³/mol. The van der Waals surface area contributed by atoms with Crippen molar-refractivity contribution in [2.45, 2.75) is 18.9 Å². The van der Waals surface area contributed by atoms with Gasteiger partial charge in [-0.25, -0.2) is 4.98 Å². The highest BCUT2D eigenvalue weighted by Crippen LogP contribution is 2.35. The summed E-state index contributed by atoms with van der Waals surface area (Å²) >= 11 is 3.60. The van der Waals surface area contributed by atoms with Crippen LogP contribution in [0, 0.1) is 0 Å². The second-order valence-corrected chi connectivity index (χ2v) is 5.54. The summed E-state index contributed by atoms with van der Waals surface area (Å²) in [7, 11) is 0. The van der Waals surface area contributed by atoms with Crippen LogP contribution in [0.15, 0.2) is 34.9 Å². The van der Waals surface area contributed by atoms with E-state index in [4.69, 9.17) is 5.73 Å². The molecule has 3 nitrogen and oxygen atoms in total. The van der Waals surface area contributed by atoms with Crippen LogP contribution in [0.3, 0.4) is 0 Å². The molecule has 2 aromatic rings. The van der Waals surface area contributed by atoms with E-state index in [0.29, 0.717) is 12.6 Å². The number of benzene rings is 1. The van der Waals surface area contributed by atoms with Gasteiger partial charge in [0, 0.05) is 40.6 Å². The van der Waals surface area contributed by atoms with Gasteiger partial charge in [-0.1, -0.05) is 28.1 Å². The molecule has 1 aliphatic rings. The largest absolute Gasteiger partial charge is 0.352 e. The Balaban J connectivity index is 2.12. The van der Waals surface area contributed by atoms with E-state index in [9.17, 15) is 0 Å². The first-order chi connectivity index (χ1) is 8.81. The fourth-order valence-electron chi connectivity index (χ4n) is 2.37. The average molecular weight is 306 g/mol. The minimum absolute atomic E-state index is 0.630. The van der Waals surface area contributed by atoms with Crippen molar-refractivity contribution in [3.63, 3.8) is 0 Å². The van der Waals surface area contributed by atoms with Crippen LogP contribution in [-0.2, 0) is 0 Å². The zero-order chi connectivity index (χ0) is 12.5. The molecule has 0 saturated heterocycles. The monoisotopic (exact) mass is 305 g/mol. The van der Waals surface area contributed by atoms with Crippen molar-refractivity contribution < 1.29 is 0 Å². The first-order valence-corrected chi connectivity index (χ1v) is 7.10. The molecule has 18 heavy (non-hydrogen) atoms. The summed E-state index contributed by atoms with van der Waals surface area (Å²) < 4.78 is 1.12. The van der Waals surface area contributed by atoms with Crippen LogP contribution >= 0.6 is 15.9 Å². The molecule has 1 aromatic heterocycles. The summed E-state index contributed by atoms with van der Waals surface area (Å²) in [6.45, 7) is 1.55. The topological polar surface area (TPSA) is 42.1 Å². The molecule has 2 N–H and O–H groups in total. The molecule has 0 spiro atoms. The first-order valence-electron chi connectivity index (χ1n) is 6.31. The van der Waals surface area contributed by atoms with Crippen LogP contribution in [0.4, 0.5) is 5.82 Å². The maximum Gasteiger partial charge on any atom is 0.136 e. The third-order valence-electron chi connectivity index (χ3n) is 3.36. The Morgan fingerprint density at radius 2 is 2.11 bits per heavy atom. The smallest absolute Gasteiger partial charge is 0.136 e. The molecule has 4 heteroatoms. The molecular weight excluding hydrogens is 290 g/mol. The lowest BCUT2D eigenvalue weighted by atomic mass is 10.1. The van der Waals surface area contributed by atoms with Crippen molar-refractivity contribution in [2.75, 3.05) is 18.0 Å². The molecule has 1 saturated carbocycles. The van der Waals surface area contributed by atoms with Gasteiger partial charge >= 0.3 is 0 Å². The number of fused-ring (bicyclic) bond motifs is 1. The van der Waals surface area contributed by atoms with Crippen molar-refractivity contribution in [3.8, 4) is 0 Å². The predicted octanol–water partition coefficient (Wildman–Crippen LogP) is 2.92. The van der Waals surface area contributed by atoms with Gasteiger partial charge in [0.05, 0.1) is 0 Å². The molecule has 94 valence electrons. The van der Waals surface area contributed by atoms with Crippen LogP contribution in [0.5, 0.6) is 0 Å². The molecule has 1 aliphatic carbocycles. The molecule has 1 fully saturated rings. The van der Waals surface area contributed by atoms with Gasteiger partial charge in [-0.05, 0) is 25.0 Å². The van der Waals surface area contributed by atoms with Crippen LogP contribution in [0.1, 0.15) is 12.8 Å². The minimum atomic E-state index is 0.630. The van der Waals surface area contributed by atoms with Crippen molar-refractivity contribution >= 4 is 32.5 Å². The van der Waals surface area contributed by atoms with Crippen molar-refractivity contribution in [1.29, 1.82) is 0 Å². The highest BCUT2D eigenvalue weighted by molar-refractivity contribution is 9.10. The lowest BCUT2D eigenvalue weighted by molar-refractivity contribution is 0.775. The summed E-state index contributed by atoms with van der Waals surface area (Å²) in [6.07, 6.45) is 4.40. The average Bonchev–Trinajstić information content (AvgIpc) is 3.20. The lowest BCUT2D eigenvalue weighted by Gasteiger charge is -2.24. The number of halogens is 1. The van der Waals surface area contributed by atoms with Crippen molar-refractivity contribution in [2.24, 2.45) is 5.73 Å². The molecule has 0 unspecified atom stereocenters. The van der Waals surface area contributed by atoms with E-state index in [1.807, 2.05) is 6.20 Å². The third kappa shape index (κ3) is 2.10. The van der Waals surface area contributed by atoms with Crippen molar-refractivity contribution in [1.82, 2.24) is 4.98 Å². The van der Waals surface area contributed by atoms with E-state index < -0.39 is 0 Å². The van der Waals surface area contributed by atoms with Crippen LogP contribution in [0.2, 0.25) is 0 Å². The number of pyridine rings is 1. The third-order valence-corrected chi connectivity index (χ3v) is 4.05. The molecule has 0 bridgehead atoms. The summed E-state index contributed by atoms with van der Waals surface area (Å²) in [5, 5.41) is 2.41. The SMILES string of the molecule is NCCN(c1nccc2c(Br)cccc12)C1CC1. The number of aromatic nitrogens is 1. The number of nitrogens with two attached hydrogens (primary N) is 1. The summed E-state index contributed by atoms with van der Waals surface area (Å²) in [6, 6.07) is 8.94. The fourth-order valence-corrected chi connectivity index (χ4v) is 2.87. The Labute approximate surface area is 115 Å². The summed E-state index contributed by atoms with van der Waals surface area (Å²) in [5.74, 6) is 1.07. The highest BCUT2D eigenvalue weighted by Gasteiger charge is 2.30. The zero-order valence-electron chi connectivity index (χ0n) is 10.1. The van der Waals surface area contributed by atoms with E-state index >= 15 is 0 Å². The number of rotatable bonds is 4. The van der Waals surface area contributed by atoms with Gasteiger partial charge in [-0.3, -0.25) is 0 Å². The summed E-state index contributed by atoms with van der Waals surface area (Å²) in [4.78, 5) is 6.93. The zero-order valence-corrected chi connectivity index (χ0v) is 11.7. The first kappa shape index (κ1) is 11.9. The van der Waals surface area contributed by atoms with Gasteiger partial charge in [0.15, 0.2) is 0 Å². The van der Waals surface area contributed by atoms with Gasteiger partial charge in [-0.2, -0.15) is 0 Å². The molecule has 3 rings (SSSR count). The molecule has 0 amide bonds. The second kappa shape index (κ2) is 4.86. The van der Waals surface area contributed by atoms with Gasteiger partial charge < -0.3 is 10.6 Å². The number of hydrogen-bond acceptors (Lipinski definition) is 3. The van der Waals surface area contributed by atoms with E-state index in [1.165, 1.54) is 23.6 Å². The molecule has 0 aliphatic heterocycles. The quantitative estimate of drug-likeness (QED) is 0.944. The Morgan fingerprint density at radius 1 is 1.28 bits per heavy atom. The van der Waals surface area contributed by atoms with E-state index in [1.54, 1.807) is 0 Å². The van der Waals surface area contributed by atoms with Crippen molar-refractivity contribution in [3.05, 3.63) is 34.9 Å².